The summed E-state index contributed by atoms with van der Waals surface area (Å²) in [6, 6.07) is -0.660. The Bertz CT molecular complexity index is 666. The number of benzene rings is 1. The van der Waals surface area contributed by atoms with E-state index in [4.69, 9.17) is 5.73 Å². The SMILES string of the molecule is NC(=O)N[C@@H]1CC[C@@H](CO)N(Cc2cc(C(F)(F)F)ccc2F)C1=O. The number of urea groups is 1. The fourth-order valence-corrected chi connectivity index (χ4v) is 2.78. The number of piperidine rings is 1. The van der Waals surface area contributed by atoms with Gasteiger partial charge in [-0.3, -0.25) is 4.79 Å². The van der Waals surface area contributed by atoms with Gasteiger partial charge in [-0.25, -0.2) is 9.18 Å². The van der Waals surface area contributed by atoms with Crippen LogP contribution in [0.5, 0.6) is 0 Å². The molecular weight excluding hydrogens is 346 g/mol. The van der Waals surface area contributed by atoms with Gasteiger partial charge in [-0.05, 0) is 31.0 Å². The maximum absolute atomic E-state index is 13.9. The van der Waals surface area contributed by atoms with E-state index in [1.165, 1.54) is 0 Å². The van der Waals surface area contributed by atoms with Crippen LogP contribution in [0, 0.1) is 5.82 Å². The van der Waals surface area contributed by atoms with Gasteiger partial charge >= 0.3 is 12.2 Å². The molecule has 0 aromatic heterocycles. The number of carbonyl (C=O) groups excluding carboxylic acids is 2. The summed E-state index contributed by atoms with van der Waals surface area (Å²) in [6.45, 7) is -0.896. The van der Waals surface area contributed by atoms with Gasteiger partial charge in [-0.1, -0.05) is 0 Å². The smallest absolute Gasteiger partial charge is 0.394 e. The Morgan fingerprint density at radius 2 is 2.04 bits per heavy atom. The van der Waals surface area contributed by atoms with Gasteiger partial charge in [0.25, 0.3) is 0 Å². The minimum absolute atomic E-state index is 0.217. The molecule has 6 nitrogen and oxygen atoms in total. The zero-order valence-corrected chi connectivity index (χ0v) is 13.0. The molecule has 2 atom stereocenters. The minimum atomic E-state index is -4.65. The number of amides is 3. The van der Waals surface area contributed by atoms with E-state index in [9.17, 15) is 32.3 Å². The summed E-state index contributed by atoms with van der Waals surface area (Å²) in [7, 11) is 0. The second kappa shape index (κ2) is 7.26. The van der Waals surface area contributed by atoms with Crippen LogP contribution in [0.25, 0.3) is 0 Å². The van der Waals surface area contributed by atoms with Gasteiger partial charge in [0, 0.05) is 12.1 Å². The number of nitrogens with zero attached hydrogens (tertiary/aromatic N) is 1. The fraction of sp³-hybridized carbons (Fsp3) is 0.467. The van der Waals surface area contributed by atoms with Gasteiger partial charge in [-0.2, -0.15) is 13.2 Å². The summed E-state index contributed by atoms with van der Waals surface area (Å²) < 4.78 is 52.3. The van der Waals surface area contributed by atoms with Crippen LogP contribution in [0.1, 0.15) is 24.0 Å². The van der Waals surface area contributed by atoms with E-state index < -0.39 is 54.7 Å². The fourth-order valence-electron chi connectivity index (χ4n) is 2.78. The molecule has 0 aliphatic carbocycles. The van der Waals surface area contributed by atoms with Crippen molar-refractivity contribution in [3.8, 4) is 0 Å². The molecule has 0 radical (unpaired) electrons. The summed E-state index contributed by atoms with van der Waals surface area (Å²) >= 11 is 0. The molecular formula is C15H17F4N3O3. The lowest BCUT2D eigenvalue weighted by molar-refractivity contribution is -0.141. The second-order valence-electron chi connectivity index (χ2n) is 5.75. The third-order valence-electron chi connectivity index (χ3n) is 4.05. The standard InChI is InChI=1S/C15H17F4N3O3/c16-11-3-1-9(15(17,18)19)5-8(11)6-22-10(7-23)2-4-12(13(22)24)21-14(20)25/h1,3,5,10,12,23H,2,4,6-7H2,(H3,20,21,25)/t10-,12+/m0/s1. The molecule has 1 aliphatic heterocycles. The number of hydrogen-bond acceptors (Lipinski definition) is 3. The molecule has 1 saturated heterocycles. The average Bonchev–Trinajstić information content (AvgIpc) is 2.51. The van der Waals surface area contributed by atoms with Crippen molar-refractivity contribution in [2.75, 3.05) is 6.61 Å². The Morgan fingerprint density at radius 3 is 2.60 bits per heavy atom. The van der Waals surface area contributed by atoms with E-state index in [0.29, 0.717) is 18.2 Å². The highest BCUT2D eigenvalue weighted by atomic mass is 19.4. The van der Waals surface area contributed by atoms with Gasteiger partial charge in [0.15, 0.2) is 0 Å². The first-order valence-corrected chi connectivity index (χ1v) is 7.46. The van der Waals surface area contributed by atoms with Crippen LogP contribution in [-0.2, 0) is 17.5 Å². The predicted molar refractivity (Wildman–Crippen MR) is 78.6 cm³/mol. The van der Waals surface area contributed by atoms with Crippen molar-refractivity contribution in [1.29, 1.82) is 0 Å². The van der Waals surface area contributed by atoms with Crippen molar-refractivity contribution in [1.82, 2.24) is 10.2 Å². The zero-order chi connectivity index (χ0) is 18.8. The molecule has 1 aliphatic rings. The molecule has 0 unspecified atom stereocenters. The molecule has 1 aromatic rings. The van der Waals surface area contributed by atoms with Crippen molar-refractivity contribution in [2.24, 2.45) is 5.73 Å². The zero-order valence-electron chi connectivity index (χ0n) is 13.0. The van der Waals surface area contributed by atoms with Gasteiger partial charge in [-0.15, -0.1) is 0 Å². The van der Waals surface area contributed by atoms with E-state index in [-0.39, 0.29) is 18.4 Å². The highest BCUT2D eigenvalue weighted by molar-refractivity contribution is 5.87. The van der Waals surface area contributed by atoms with Crippen molar-refractivity contribution < 1.29 is 32.3 Å². The molecule has 1 fully saturated rings. The maximum Gasteiger partial charge on any atom is 0.416 e. The quantitative estimate of drug-likeness (QED) is 0.705. The number of halogens is 4. The van der Waals surface area contributed by atoms with Crippen molar-refractivity contribution in [3.05, 3.63) is 35.1 Å². The average molecular weight is 363 g/mol. The van der Waals surface area contributed by atoms with Gasteiger partial charge in [0.2, 0.25) is 5.91 Å². The van der Waals surface area contributed by atoms with Crippen LogP contribution in [0.3, 0.4) is 0 Å². The highest BCUT2D eigenvalue weighted by Gasteiger charge is 2.37. The lowest BCUT2D eigenvalue weighted by Gasteiger charge is -2.38. The van der Waals surface area contributed by atoms with Crippen LogP contribution in [0.15, 0.2) is 18.2 Å². The minimum Gasteiger partial charge on any atom is -0.394 e. The number of nitrogens with two attached hydrogens (primary N) is 1. The van der Waals surface area contributed by atoms with Gasteiger partial charge in [0.05, 0.1) is 18.2 Å². The third-order valence-corrected chi connectivity index (χ3v) is 4.05. The van der Waals surface area contributed by atoms with E-state index in [2.05, 4.69) is 5.32 Å². The molecule has 1 heterocycles. The summed E-state index contributed by atoms with van der Waals surface area (Å²) in [5.74, 6) is -1.54. The summed E-state index contributed by atoms with van der Waals surface area (Å²) in [4.78, 5) is 24.4. The van der Waals surface area contributed by atoms with Crippen LogP contribution in [-0.4, -0.2) is 40.6 Å². The summed E-state index contributed by atoms with van der Waals surface area (Å²) in [6.07, 6.45) is -4.15. The van der Waals surface area contributed by atoms with Crippen LogP contribution in [0.2, 0.25) is 0 Å². The first-order chi connectivity index (χ1) is 11.6. The molecule has 138 valence electrons. The molecule has 4 N–H and O–H groups in total. The second-order valence-corrected chi connectivity index (χ2v) is 5.75. The summed E-state index contributed by atoms with van der Waals surface area (Å²) in [5, 5.41) is 11.6. The van der Waals surface area contributed by atoms with Crippen molar-refractivity contribution in [2.45, 2.75) is 37.6 Å². The summed E-state index contributed by atoms with van der Waals surface area (Å²) in [5.41, 5.74) is 3.61. The number of rotatable bonds is 4. The molecule has 0 bridgehead atoms. The predicted octanol–water partition coefficient (Wildman–Crippen LogP) is 1.36. The number of alkyl halides is 3. The monoisotopic (exact) mass is 363 g/mol. The normalized spacial score (nSPS) is 21.3. The van der Waals surface area contributed by atoms with Crippen molar-refractivity contribution >= 4 is 11.9 Å². The Kier molecular flexibility index (Phi) is 5.51. The Labute approximate surface area is 140 Å². The lowest BCUT2D eigenvalue weighted by atomic mass is 9.96. The van der Waals surface area contributed by atoms with E-state index in [1.807, 2.05) is 0 Å². The molecule has 0 saturated carbocycles. The number of primary amides is 1. The first-order valence-electron chi connectivity index (χ1n) is 7.46. The van der Waals surface area contributed by atoms with Crippen LogP contribution < -0.4 is 11.1 Å². The number of aliphatic hydroxyl groups is 1. The number of nitrogens with one attached hydrogen (secondary N) is 1. The van der Waals surface area contributed by atoms with Crippen molar-refractivity contribution in [3.63, 3.8) is 0 Å². The van der Waals surface area contributed by atoms with E-state index in [0.717, 1.165) is 4.90 Å². The van der Waals surface area contributed by atoms with Crippen LogP contribution >= 0.6 is 0 Å². The maximum atomic E-state index is 13.9. The van der Waals surface area contributed by atoms with Crippen LogP contribution in [0.4, 0.5) is 22.4 Å². The number of likely N-dealkylation sites (tertiary alicyclic amines) is 1. The first kappa shape index (κ1) is 19.0. The Balaban J connectivity index is 2.28. The molecule has 1 aromatic carbocycles. The molecule has 0 spiro atoms. The molecule has 2 rings (SSSR count). The lowest BCUT2D eigenvalue weighted by Crippen LogP contribution is -2.57. The topological polar surface area (TPSA) is 95.7 Å². The number of hydrogen-bond donors (Lipinski definition) is 3. The largest absolute Gasteiger partial charge is 0.416 e. The molecule has 10 heteroatoms. The Hall–Kier alpha value is -2.36. The Morgan fingerprint density at radius 1 is 1.36 bits per heavy atom. The molecule has 25 heavy (non-hydrogen) atoms. The third kappa shape index (κ3) is 4.38. The van der Waals surface area contributed by atoms with E-state index >= 15 is 0 Å². The number of aliphatic hydroxyl groups excluding tert-OH is 1. The highest BCUT2D eigenvalue weighted by Crippen LogP contribution is 2.31. The van der Waals surface area contributed by atoms with Gasteiger partial charge in [0.1, 0.15) is 11.9 Å². The number of carbonyl (C=O) groups is 2. The van der Waals surface area contributed by atoms with E-state index in [1.54, 1.807) is 0 Å². The molecule has 3 amide bonds. The van der Waals surface area contributed by atoms with Gasteiger partial charge < -0.3 is 21.1 Å².